The lowest BCUT2D eigenvalue weighted by Crippen LogP contribution is -2.43. The molecule has 3 fully saturated rings. The molecular weight excluding hydrogens is 236 g/mol. The number of carbonyl (C=O) groups excluding carboxylic acids is 1. The van der Waals surface area contributed by atoms with Gasteiger partial charge in [0, 0.05) is 20.0 Å². The highest BCUT2D eigenvalue weighted by Crippen LogP contribution is 2.70. The van der Waals surface area contributed by atoms with Crippen LogP contribution in [0.3, 0.4) is 0 Å². The van der Waals surface area contributed by atoms with Crippen molar-refractivity contribution in [2.75, 3.05) is 7.11 Å². The highest BCUT2D eigenvalue weighted by atomic mass is 16.5. The summed E-state index contributed by atoms with van der Waals surface area (Å²) >= 11 is 0. The predicted molar refractivity (Wildman–Crippen MR) is 75.9 cm³/mol. The minimum absolute atomic E-state index is 0.315. The van der Waals surface area contributed by atoms with Crippen LogP contribution < -0.4 is 0 Å². The molecule has 0 spiro atoms. The quantitative estimate of drug-likeness (QED) is 0.757. The van der Waals surface area contributed by atoms with E-state index < -0.39 is 0 Å². The second-order valence-electron chi connectivity index (χ2n) is 7.94. The van der Waals surface area contributed by atoms with Gasteiger partial charge in [0.15, 0.2) is 0 Å². The van der Waals surface area contributed by atoms with Crippen molar-refractivity contribution in [3.63, 3.8) is 0 Å². The average Bonchev–Trinajstić information content (AvgIpc) is 2.71. The highest BCUT2D eigenvalue weighted by Gasteiger charge is 2.63. The van der Waals surface area contributed by atoms with E-state index in [9.17, 15) is 4.79 Å². The van der Waals surface area contributed by atoms with E-state index in [1.54, 1.807) is 0 Å². The Balaban J connectivity index is 1.88. The first kappa shape index (κ1) is 13.6. The summed E-state index contributed by atoms with van der Waals surface area (Å²) in [4.78, 5) is 11.9. The maximum absolute atomic E-state index is 11.9. The third kappa shape index (κ3) is 1.75. The van der Waals surface area contributed by atoms with Gasteiger partial charge in [-0.3, -0.25) is 4.79 Å². The smallest absolute Gasteiger partial charge is 0.133 e. The van der Waals surface area contributed by atoms with Crippen molar-refractivity contribution in [1.82, 2.24) is 0 Å². The van der Waals surface area contributed by atoms with E-state index in [2.05, 4.69) is 20.8 Å². The molecular formula is C17H28O2. The second-order valence-corrected chi connectivity index (χ2v) is 7.94. The summed E-state index contributed by atoms with van der Waals surface area (Å²) in [7, 11) is 1.83. The van der Waals surface area contributed by atoms with Crippen molar-refractivity contribution < 1.29 is 9.53 Å². The zero-order valence-electron chi connectivity index (χ0n) is 12.9. The van der Waals surface area contributed by atoms with Crippen LogP contribution in [0, 0.1) is 28.6 Å². The normalized spacial score (nSPS) is 48.7. The first-order chi connectivity index (χ1) is 8.90. The van der Waals surface area contributed by atoms with Gasteiger partial charge in [-0.15, -0.1) is 0 Å². The summed E-state index contributed by atoms with van der Waals surface area (Å²) in [6.07, 6.45) is 6.80. The van der Waals surface area contributed by atoms with Crippen LogP contribution >= 0.6 is 0 Å². The van der Waals surface area contributed by atoms with Gasteiger partial charge in [-0.25, -0.2) is 0 Å². The van der Waals surface area contributed by atoms with Gasteiger partial charge in [-0.05, 0) is 54.3 Å². The molecule has 2 bridgehead atoms. The van der Waals surface area contributed by atoms with E-state index in [1.165, 1.54) is 19.3 Å². The Labute approximate surface area is 117 Å². The third-order valence-electron chi connectivity index (χ3n) is 7.33. The summed E-state index contributed by atoms with van der Waals surface area (Å²) in [5, 5.41) is 0. The second kappa shape index (κ2) is 4.31. The van der Waals surface area contributed by atoms with Gasteiger partial charge >= 0.3 is 0 Å². The fourth-order valence-electron chi connectivity index (χ4n) is 5.62. The number of ketones is 1. The molecule has 5 atom stereocenters. The number of fused-ring (bicyclic) bond motifs is 2. The molecule has 2 unspecified atom stereocenters. The topological polar surface area (TPSA) is 26.3 Å². The summed E-state index contributed by atoms with van der Waals surface area (Å²) in [6.45, 7) is 7.39. The van der Waals surface area contributed by atoms with E-state index in [4.69, 9.17) is 4.74 Å². The molecule has 0 saturated heterocycles. The Hall–Kier alpha value is -0.370. The van der Waals surface area contributed by atoms with E-state index in [-0.39, 0.29) is 0 Å². The van der Waals surface area contributed by atoms with Crippen molar-refractivity contribution in [2.24, 2.45) is 28.6 Å². The number of Topliss-reactive ketones (excluding diaryl/α,β-unsaturated/α-hetero) is 1. The number of methoxy groups -OCH3 is 1. The average molecular weight is 264 g/mol. The Morgan fingerprint density at radius 3 is 2.47 bits per heavy atom. The first-order valence-electron chi connectivity index (χ1n) is 7.94. The van der Waals surface area contributed by atoms with Gasteiger partial charge in [0.25, 0.3) is 0 Å². The monoisotopic (exact) mass is 264 g/mol. The number of hydrogen-bond donors (Lipinski definition) is 0. The van der Waals surface area contributed by atoms with Gasteiger partial charge in [-0.1, -0.05) is 20.8 Å². The molecule has 0 N–H and O–H groups in total. The van der Waals surface area contributed by atoms with Crippen LogP contribution in [0.4, 0.5) is 0 Å². The van der Waals surface area contributed by atoms with Crippen molar-refractivity contribution in [1.29, 1.82) is 0 Å². The van der Waals surface area contributed by atoms with Crippen molar-refractivity contribution in [3.8, 4) is 0 Å². The SMILES string of the molecule is COC1CCC(=O)CC1[C@@H]1C[C@H]2CC[C@]1(C)C2(C)C. The van der Waals surface area contributed by atoms with Crippen LogP contribution in [0.5, 0.6) is 0 Å². The molecule has 0 heterocycles. The maximum atomic E-state index is 11.9. The number of rotatable bonds is 2. The lowest BCUT2D eigenvalue weighted by Gasteiger charge is -2.45. The van der Waals surface area contributed by atoms with Crippen LogP contribution in [0.2, 0.25) is 0 Å². The van der Waals surface area contributed by atoms with Crippen molar-refractivity contribution in [2.45, 2.75) is 65.4 Å². The zero-order valence-corrected chi connectivity index (χ0v) is 12.9. The molecule has 0 aromatic carbocycles. The Morgan fingerprint density at radius 2 is 1.95 bits per heavy atom. The van der Waals surface area contributed by atoms with E-state index in [1.807, 2.05) is 7.11 Å². The Morgan fingerprint density at radius 1 is 1.21 bits per heavy atom. The summed E-state index contributed by atoms with van der Waals surface area (Å²) < 4.78 is 5.73. The lowest BCUT2D eigenvalue weighted by atomic mass is 9.60. The van der Waals surface area contributed by atoms with Gasteiger partial charge in [-0.2, -0.15) is 0 Å². The minimum Gasteiger partial charge on any atom is -0.381 e. The molecule has 0 radical (unpaired) electrons. The number of ether oxygens (including phenoxy) is 1. The van der Waals surface area contributed by atoms with Crippen LogP contribution in [0.15, 0.2) is 0 Å². The minimum atomic E-state index is 0.315. The number of carbonyl (C=O) groups is 1. The van der Waals surface area contributed by atoms with E-state index in [0.717, 1.165) is 25.2 Å². The molecule has 0 aliphatic heterocycles. The molecule has 3 aliphatic carbocycles. The van der Waals surface area contributed by atoms with Gasteiger partial charge in [0.1, 0.15) is 5.78 Å². The molecule has 0 amide bonds. The van der Waals surface area contributed by atoms with Crippen LogP contribution in [0.1, 0.15) is 59.3 Å². The lowest BCUT2D eigenvalue weighted by molar-refractivity contribution is -0.129. The molecule has 0 aromatic heterocycles. The highest BCUT2D eigenvalue weighted by molar-refractivity contribution is 5.79. The molecule has 3 aliphatic rings. The molecule has 2 nitrogen and oxygen atoms in total. The molecule has 19 heavy (non-hydrogen) atoms. The molecule has 0 aromatic rings. The molecule has 108 valence electrons. The van der Waals surface area contributed by atoms with E-state index >= 15 is 0 Å². The molecule has 3 saturated carbocycles. The van der Waals surface area contributed by atoms with Crippen molar-refractivity contribution in [3.05, 3.63) is 0 Å². The standard InChI is InChI=1S/C17H28O2/c1-16(2)11-7-8-17(16,3)14(9-11)13-10-12(18)5-6-15(13)19-4/h11,13-15H,5-10H2,1-4H3/t11-,13?,14+,15?,17+/m1/s1. The summed E-state index contributed by atoms with van der Waals surface area (Å²) in [5.74, 6) is 2.48. The largest absolute Gasteiger partial charge is 0.381 e. The maximum Gasteiger partial charge on any atom is 0.133 e. The fourth-order valence-corrected chi connectivity index (χ4v) is 5.62. The van der Waals surface area contributed by atoms with Crippen LogP contribution in [0.25, 0.3) is 0 Å². The van der Waals surface area contributed by atoms with Gasteiger partial charge in [0.2, 0.25) is 0 Å². The Kier molecular flexibility index (Phi) is 3.09. The third-order valence-corrected chi connectivity index (χ3v) is 7.33. The number of hydrogen-bond acceptors (Lipinski definition) is 2. The van der Waals surface area contributed by atoms with Gasteiger partial charge in [0.05, 0.1) is 6.10 Å². The van der Waals surface area contributed by atoms with Gasteiger partial charge < -0.3 is 4.74 Å². The predicted octanol–water partition coefficient (Wildman–Crippen LogP) is 3.83. The molecule has 3 rings (SSSR count). The van der Waals surface area contributed by atoms with Crippen molar-refractivity contribution >= 4 is 5.78 Å². The van der Waals surface area contributed by atoms with E-state index in [0.29, 0.717) is 34.6 Å². The van der Waals surface area contributed by atoms with Crippen LogP contribution in [-0.4, -0.2) is 19.0 Å². The fraction of sp³-hybridized carbons (Fsp3) is 0.941. The first-order valence-corrected chi connectivity index (χ1v) is 7.94. The van der Waals surface area contributed by atoms with Crippen LogP contribution in [-0.2, 0) is 9.53 Å². The summed E-state index contributed by atoms with van der Waals surface area (Å²) in [5.41, 5.74) is 0.854. The zero-order chi connectivity index (χ0) is 13.8. The Bertz CT molecular complexity index is 387. The summed E-state index contributed by atoms with van der Waals surface area (Å²) in [6, 6.07) is 0. The molecule has 2 heteroatoms.